The van der Waals surface area contributed by atoms with Crippen LogP contribution in [-0.4, -0.2) is 84.3 Å². The van der Waals surface area contributed by atoms with Crippen molar-refractivity contribution in [2.24, 2.45) is 4.99 Å². The van der Waals surface area contributed by atoms with Gasteiger partial charge in [0.25, 0.3) is 5.91 Å². The second kappa shape index (κ2) is 9.11. The van der Waals surface area contributed by atoms with Gasteiger partial charge in [-0.25, -0.2) is 8.42 Å². The molecule has 0 unspecified atom stereocenters. The molecule has 3 atom stereocenters. The number of carbonyl (C=O) groups excluding carboxylic acids is 1. The molecule has 0 bridgehead atoms. The van der Waals surface area contributed by atoms with Crippen LogP contribution in [0.2, 0.25) is 0 Å². The average Bonchev–Trinajstić information content (AvgIpc) is 3.22. The third kappa shape index (κ3) is 5.09. The van der Waals surface area contributed by atoms with E-state index in [0.717, 1.165) is 42.6 Å². The molecule has 4 rings (SSSR count). The van der Waals surface area contributed by atoms with E-state index in [1.807, 2.05) is 30.0 Å². The maximum atomic E-state index is 13.1. The lowest BCUT2D eigenvalue weighted by Crippen LogP contribution is -2.51. The van der Waals surface area contributed by atoms with E-state index < -0.39 is 9.84 Å². The van der Waals surface area contributed by atoms with Crippen molar-refractivity contribution < 1.29 is 13.2 Å². The van der Waals surface area contributed by atoms with Crippen molar-refractivity contribution in [3.8, 4) is 0 Å². The van der Waals surface area contributed by atoms with E-state index in [2.05, 4.69) is 29.1 Å². The van der Waals surface area contributed by atoms with Crippen molar-refractivity contribution >= 4 is 38.4 Å². The second-order valence-electron chi connectivity index (χ2n) is 8.86. The minimum absolute atomic E-state index is 0.00372. The number of amidine groups is 1. The van der Waals surface area contributed by atoms with Crippen LogP contribution in [0, 0.1) is 6.92 Å². The Morgan fingerprint density at radius 3 is 2.68 bits per heavy atom. The molecule has 170 valence electrons. The zero-order valence-electron chi connectivity index (χ0n) is 18.5. The van der Waals surface area contributed by atoms with Crippen LogP contribution >= 0.6 is 11.8 Å². The summed E-state index contributed by atoms with van der Waals surface area (Å²) in [4.78, 5) is 22.1. The SMILES string of the molecule is CCC[C@H](C)N1CCN(C(=O)c2ccc(C)c(NC3=N[C@H]4CS(=O)(=O)C[C@H]4S3)c2)CC1. The number of aryl methyl sites for hydroxylation is 1. The van der Waals surface area contributed by atoms with Gasteiger partial charge in [0.2, 0.25) is 0 Å². The van der Waals surface area contributed by atoms with Crippen LogP contribution in [0.15, 0.2) is 23.2 Å². The number of benzene rings is 1. The van der Waals surface area contributed by atoms with Crippen LogP contribution in [0.4, 0.5) is 5.69 Å². The molecule has 2 saturated heterocycles. The molecule has 0 spiro atoms. The van der Waals surface area contributed by atoms with Gasteiger partial charge in [0.15, 0.2) is 15.0 Å². The van der Waals surface area contributed by atoms with Crippen LogP contribution < -0.4 is 5.32 Å². The lowest BCUT2D eigenvalue weighted by Gasteiger charge is -2.38. The first kappa shape index (κ1) is 22.6. The Labute approximate surface area is 189 Å². The second-order valence-corrected chi connectivity index (χ2v) is 12.2. The highest BCUT2D eigenvalue weighted by molar-refractivity contribution is 8.15. The Morgan fingerprint density at radius 1 is 1.26 bits per heavy atom. The normalized spacial score (nSPS) is 26.4. The van der Waals surface area contributed by atoms with E-state index in [-0.39, 0.29) is 28.7 Å². The summed E-state index contributed by atoms with van der Waals surface area (Å²) in [5.41, 5.74) is 2.56. The average molecular weight is 465 g/mol. The molecule has 7 nitrogen and oxygen atoms in total. The van der Waals surface area contributed by atoms with Crippen molar-refractivity contribution in [2.45, 2.75) is 50.9 Å². The number of piperazine rings is 1. The molecular weight excluding hydrogens is 432 g/mol. The Balaban J connectivity index is 1.40. The van der Waals surface area contributed by atoms with Gasteiger partial charge in [0.05, 0.1) is 17.5 Å². The highest BCUT2D eigenvalue weighted by Crippen LogP contribution is 2.35. The van der Waals surface area contributed by atoms with Crippen molar-refractivity contribution in [3.63, 3.8) is 0 Å². The lowest BCUT2D eigenvalue weighted by molar-refractivity contribution is 0.0575. The summed E-state index contributed by atoms with van der Waals surface area (Å²) in [6.07, 6.45) is 2.37. The van der Waals surface area contributed by atoms with Crippen molar-refractivity contribution in [3.05, 3.63) is 29.3 Å². The van der Waals surface area contributed by atoms with Crippen LogP contribution in [-0.2, 0) is 9.84 Å². The van der Waals surface area contributed by atoms with E-state index in [0.29, 0.717) is 11.6 Å². The Hall–Kier alpha value is -1.58. The molecule has 9 heteroatoms. The van der Waals surface area contributed by atoms with Crippen LogP contribution in [0.3, 0.4) is 0 Å². The number of hydrogen-bond donors (Lipinski definition) is 1. The van der Waals surface area contributed by atoms with Crippen molar-refractivity contribution in [1.29, 1.82) is 0 Å². The Bertz CT molecular complexity index is 971. The number of nitrogens with zero attached hydrogens (tertiary/aromatic N) is 3. The van der Waals surface area contributed by atoms with Gasteiger partial charge >= 0.3 is 0 Å². The van der Waals surface area contributed by atoms with Gasteiger partial charge < -0.3 is 10.2 Å². The molecule has 0 radical (unpaired) electrons. The maximum Gasteiger partial charge on any atom is 0.254 e. The number of amides is 1. The zero-order valence-corrected chi connectivity index (χ0v) is 20.1. The third-order valence-corrected chi connectivity index (χ3v) is 9.62. The molecular formula is C22H32N4O3S2. The summed E-state index contributed by atoms with van der Waals surface area (Å²) in [5, 5.41) is 4.09. The van der Waals surface area contributed by atoms with Crippen molar-refractivity contribution in [1.82, 2.24) is 9.80 Å². The highest BCUT2D eigenvalue weighted by Gasteiger charge is 2.42. The predicted molar refractivity (Wildman–Crippen MR) is 128 cm³/mol. The third-order valence-electron chi connectivity index (χ3n) is 6.48. The lowest BCUT2D eigenvalue weighted by atomic mass is 10.1. The molecule has 1 N–H and O–H groups in total. The highest BCUT2D eigenvalue weighted by atomic mass is 32.2. The molecule has 3 heterocycles. The fourth-order valence-electron chi connectivity index (χ4n) is 4.57. The molecule has 1 amide bonds. The number of hydrogen-bond acceptors (Lipinski definition) is 7. The first-order valence-electron chi connectivity index (χ1n) is 11.1. The number of rotatable bonds is 5. The van der Waals surface area contributed by atoms with Crippen LogP contribution in [0.1, 0.15) is 42.6 Å². The minimum atomic E-state index is -2.96. The standard InChI is InChI=1S/C22H32N4O3S2/c1-4-5-16(3)25-8-10-26(11-9-25)21(27)17-7-6-15(2)18(12-17)23-22-24-19-13-31(28,29)14-20(19)30-22/h6-7,12,16,19-20H,4-5,8-11,13-14H2,1-3H3,(H,23,24)/t16-,19-,20+/m0/s1. The smallest absolute Gasteiger partial charge is 0.254 e. The number of nitrogens with one attached hydrogen (secondary N) is 1. The van der Waals surface area contributed by atoms with Crippen LogP contribution in [0.5, 0.6) is 0 Å². The fourth-order valence-corrected chi connectivity index (χ4v) is 8.24. The molecule has 3 aliphatic heterocycles. The Morgan fingerprint density at radius 2 is 2.00 bits per heavy atom. The van der Waals surface area contributed by atoms with E-state index in [1.165, 1.54) is 24.6 Å². The summed E-state index contributed by atoms with van der Waals surface area (Å²) in [7, 11) is -2.96. The largest absolute Gasteiger partial charge is 0.336 e. The van der Waals surface area contributed by atoms with E-state index >= 15 is 0 Å². The summed E-state index contributed by atoms with van der Waals surface area (Å²) < 4.78 is 23.6. The minimum Gasteiger partial charge on any atom is -0.336 e. The van der Waals surface area contributed by atoms with Gasteiger partial charge in [-0.2, -0.15) is 0 Å². The molecule has 31 heavy (non-hydrogen) atoms. The van der Waals surface area contributed by atoms with Gasteiger partial charge in [0, 0.05) is 48.7 Å². The summed E-state index contributed by atoms with van der Waals surface area (Å²) in [6, 6.07) is 6.16. The number of aliphatic imine (C=N–C) groups is 1. The molecule has 2 fully saturated rings. The predicted octanol–water partition coefficient (Wildman–Crippen LogP) is 2.62. The number of sulfone groups is 1. The monoisotopic (exact) mass is 464 g/mol. The zero-order chi connectivity index (χ0) is 22.2. The van der Waals surface area contributed by atoms with E-state index in [1.54, 1.807) is 0 Å². The molecule has 1 aromatic rings. The maximum absolute atomic E-state index is 13.1. The Kier molecular flexibility index (Phi) is 6.65. The number of fused-ring (bicyclic) bond motifs is 1. The first-order chi connectivity index (χ1) is 14.8. The number of thioether (sulfide) groups is 1. The van der Waals surface area contributed by atoms with E-state index in [4.69, 9.17) is 0 Å². The quantitative estimate of drug-likeness (QED) is 0.721. The van der Waals surface area contributed by atoms with Gasteiger partial charge in [-0.05, 0) is 38.0 Å². The van der Waals surface area contributed by atoms with Gasteiger partial charge in [-0.3, -0.25) is 14.7 Å². The summed E-state index contributed by atoms with van der Waals surface area (Å²) >= 11 is 1.50. The topological polar surface area (TPSA) is 82.1 Å². The molecule has 0 aliphatic carbocycles. The molecule has 3 aliphatic rings. The summed E-state index contributed by atoms with van der Waals surface area (Å²) in [5.74, 6) is 0.392. The van der Waals surface area contributed by atoms with Gasteiger partial charge in [-0.15, -0.1) is 0 Å². The van der Waals surface area contributed by atoms with Crippen LogP contribution in [0.25, 0.3) is 0 Å². The fraction of sp³-hybridized carbons (Fsp3) is 0.636. The number of carbonyl (C=O) groups is 1. The van der Waals surface area contributed by atoms with Crippen molar-refractivity contribution in [2.75, 3.05) is 43.0 Å². The molecule has 0 saturated carbocycles. The molecule has 1 aromatic carbocycles. The first-order valence-corrected chi connectivity index (χ1v) is 13.8. The van der Waals surface area contributed by atoms with Gasteiger partial charge in [0.1, 0.15) is 0 Å². The van der Waals surface area contributed by atoms with E-state index in [9.17, 15) is 13.2 Å². The summed E-state index contributed by atoms with van der Waals surface area (Å²) in [6.45, 7) is 9.82. The van der Waals surface area contributed by atoms with Gasteiger partial charge in [-0.1, -0.05) is 31.2 Å². The molecule has 0 aromatic heterocycles. The number of anilines is 1.